The van der Waals surface area contributed by atoms with Crippen molar-refractivity contribution in [1.82, 2.24) is 0 Å². The number of carbonyl (C=O) groups is 2. The maximum Gasteiger partial charge on any atom is 0.335 e. The topological polar surface area (TPSA) is 113 Å². The molecule has 0 bridgehead atoms. The first-order chi connectivity index (χ1) is 15.3. The summed E-state index contributed by atoms with van der Waals surface area (Å²) in [5.74, 6) is -1.43. The number of para-hydroxylation sites is 1. The van der Waals surface area contributed by atoms with Crippen LogP contribution in [0.5, 0.6) is 0 Å². The fourth-order valence-corrected chi connectivity index (χ4v) is 4.30. The van der Waals surface area contributed by atoms with E-state index in [1.165, 1.54) is 30.3 Å². The number of fused-ring (bicyclic) bond motifs is 1. The summed E-state index contributed by atoms with van der Waals surface area (Å²) in [6.07, 6.45) is 1.42. The van der Waals surface area contributed by atoms with Crippen LogP contribution in [0, 0.1) is 6.92 Å². The second-order valence-electron chi connectivity index (χ2n) is 7.15. The minimum Gasteiger partial charge on any atom is -0.478 e. The van der Waals surface area contributed by atoms with Gasteiger partial charge >= 0.3 is 5.97 Å². The number of carbonyl (C=O) groups excluding carboxylic acids is 1. The Morgan fingerprint density at radius 2 is 1.53 bits per heavy atom. The van der Waals surface area contributed by atoms with Crippen LogP contribution < -0.4 is 5.32 Å². The third-order valence-electron chi connectivity index (χ3n) is 5.01. The van der Waals surface area contributed by atoms with E-state index in [0.29, 0.717) is 11.1 Å². The van der Waals surface area contributed by atoms with Crippen LogP contribution in [-0.2, 0) is 10.0 Å². The van der Waals surface area contributed by atoms with Gasteiger partial charge in [-0.3, -0.25) is 4.79 Å². The van der Waals surface area contributed by atoms with E-state index in [-0.39, 0.29) is 27.7 Å². The zero-order valence-electron chi connectivity index (χ0n) is 16.9. The quantitative estimate of drug-likeness (QED) is 0.611. The van der Waals surface area contributed by atoms with Gasteiger partial charge in [0.25, 0.3) is 10.0 Å². The SMILES string of the molecule is Cc1ccccc1NC1=C/C(=N/S(=O)(=O)c2ccc(C(=O)O)cc2)c2ccccc2C1=O. The van der Waals surface area contributed by atoms with Gasteiger partial charge in [-0.2, -0.15) is 12.8 Å². The Hall–Kier alpha value is -4.04. The monoisotopic (exact) mass is 446 g/mol. The molecule has 0 radical (unpaired) electrons. The van der Waals surface area contributed by atoms with E-state index in [4.69, 9.17) is 5.11 Å². The van der Waals surface area contributed by atoms with Gasteiger partial charge in [0.05, 0.1) is 21.9 Å². The van der Waals surface area contributed by atoms with Crippen LogP contribution in [-0.4, -0.2) is 31.0 Å². The first-order valence-electron chi connectivity index (χ1n) is 9.63. The molecule has 160 valence electrons. The van der Waals surface area contributed by atoms with Crippen molar-refractivity contribution in [2.75, 3.05) is 5.32 Å². The van der Waals surface area contributed by atoms with Crippen LogP contribution in [0.4, 0.5) is 5.69 Å². The zero-order chi connectivity index (χ0) is 22.9. The second-order valence-corrected chi connectivity index (χ2v) is 8.76. The molecule has 0 fully saturated rings. The summed E-state index contributed by atoms with van der Waals surface area (Å²) in [5, 5.41) is 12.1. The number of benzene rings is 3. The Labute approximate surface area is 184 Å². The molecule has 0 aromatic heterocycles. The number of nitrogens with one attached hydrogen (secondary N) is 1. The third kappa shape index (κ3) is 4.08. The number of carboxylic acids is 1. The number of hydrogen-bond acceptors (Lipinski definition) is 5. The predicted molar refractivity (Wildman–Crippen MR) is 121 cm³/mol. The Morgan fingerprint density at radius 1 is 0.906 bits per heavy atom. The van der Waals surface area contributed by atoms with Gasteiger partial charge in [-0.25, -0.2) is 4.79 Å². The number of ketones is 1. The predicted octanol–water partition coefficient (Wildman–Crippen LogP) is 4.06. The minimum atomic E-state index is -4.16. The number of nitrogens with zero attached hydrogens (tertiary/aromatic N) is 1. The highest BCUT2D eigenvalue weighted by Gasteiger charge is 2.26. The summed E-state index contributed by atoms with van der Waals surface area (Å²) in [6, 6.07) is 18.9. The highest BCUT2D eigenvalue weighted by Crippen LogP contribution is 2.26. The van der Waals surface area contributed by atoms with Crippen LogP contribution >= 0.6 is 0 Å². The molecule has 0 atom stereocenters. The van der Waals surface area contributed by atoms with Crippen molar-refractivity contribution in [2.45, 2.75) is 11.8 Å². The Balaban J connectivity index is 1.80. The maximum atomic E-state index is 13.0. The molecule has 0 spiro atoms. The standard InChI is InChI=1S/C24H18N2O5S/c1-15-6-2-5-9-20(15)25-22-14-21(18-7-3-4-8-19(18)23(22)27)26-32(30,31)17-12-10-16(11-13-17)24(28)29/h2-14,25H,1H3,(H,28,29)/b26-21-. The molecule has 1 aliphatic carbocycles. The number of rotatable bonds is 5. The number of sulfonamides is 1. The van der Waals surface area contributed by atoms with Crippen molar-refractivity contribution in [3.8, 4) is 0 Å². The van der Waals surface area contributed by atoms with Crippen molar-refractivity contribution in [2.24, 2.45) is 4.40 Å². The number of hydrogen-bond donors (Lipinski definition) is 2. The average Bonchev–Trinajstić information content (AvgIpc) is 2.78. The summed E-state index contributed by atoms with van der Waals surface area (Å²) in [6.45, 7) is 1.89. The highest BCUT2D eigenvalue weighted by atomic mass is 32.2. The fraction of sp³-hybridized carbons (Fsp3) is 0.0417. The molecular formula is C24H18N2O5S. The van der Waals surface area contributed by atoms with Crippen molar-refractivity contribution >= 4 is 33.2 Å². The van der Waals surface area contributed by atoms with Crippen molar-refractivity contribution in [1.29, 1.82) is 0 Å². The number of aryl methyl sites for hydroxylation is 1. The molecule has 4 rings (SSSR count). The Morgan fingerprint density at radius 3 is 2.19 bits per heavy atom. The molecule has 8 heteroatoms. The van der Waals surface area contributed by atoms with Crippen molar-refractivity contribution in [3.05, 3.63) is 107 Å². The zero-order valence-corrected chi connectivity index (χ0v) is 17.8. The van der Waals surface area contributed by atoms with Gasteiger partial charge in [0.1, 0.15) is 0 Å². The van der Waals surface area contributed by atoms with Crippen molar-refractivity contribution < 1.29 is 23.1 Å². The second kappa shape index (κ2) is 8.24. The number of allylic oxidation sites excluding steroid dienone is 2. The lowest BCUT2D eigenvalue weighted by Crippen LogP contribution is -2.23. The number of anilines is 1. The molecule has 0 unspecified atom stereocenters. The summed E-state index contributed by atoms with van der Waals surface area (Å²) < 4.78 is 29.8. The molecule has 0 aliphatic heterocycles. The smallest absolute Gasteiger partial charge is 0.335 e. The maximum absolute atomic E-state index is 13.0. The van der Waals surface area contributed by atoms with Gasteiger partial charge in [-0.05, 0) is 48.9 Å². The third-order valence-corrected chi connectivity index (χ3v) is 6.31. The molecule has 3 aromatic carbocycles. The average molecular weight is 446 g/mol. The van der Waals surface area contributed by atoms with E-state index >= 15 is 0 Å². The van der Waals surface area contributed by atoms with Crippen LogP contribution in [0.1, 0.15) is 31.8 Å². The molecule has 2 N–H and O–H groups in total. The number of aromatic carboxylic acids is 1. The van der Waals surface area contributed by atoms with E-state index in [2.05, 4.69) is 9.71 Å². The van der Waals surface area contributed by atoms with Crippen molar-refractivity contribution in [3.63, 3.8) is 0 Å². The first kappa shape index (κ1) is 21.2. The fourth-order valence-electron chi connectivity index (χ4n) is 3.31. The summed E-state index contributed by atoms with van der Waals surface area (Å²) in [4.78, 5) is 23.9. The van der Waals surface area contributed by atoms with Gasteiger partial charge in [-0.1, -0.05) is 42.5 Å². The summed E-state index contributed by atoms with van der Waals surface area (Å²) >= 11 is 0. The number of Topliss-reactive ketones (excluding diaryl/α,β-unsaturated/α-hetero) is 1. The molecule has 0 saturated heterocycles. The van der Waals surface area contributed by atoms with Crippen LogP contribution in [0.25, 0.3) is 0 Å². The largest absolute Gasteiger partial charge is 0.478 e. The van der Waals surface area contributed by atoms with Gasteiger partial charge in [0.15, 0.2) is 0 Å². The molecule has 32 heavy (non-hydrogen) atoms. The number of carboxylic acid groups (broad SMARTS) is 1. The molecule has 0 heterocycles. The van der Waals surface area contributed by atoms with Gasteiger partial charge in [0.2, 0.25) is 5.78 Å². The lowest BCUT2D eigenvalue weighted by Gasteiger charge is -2.19. The van der Waals surface area contributed by atoms with Gasteiger partial charge in [0, 0.05) is 16.8 Å². The van der Waals surface area contributed by atoms with Crippen LogP contribution in [0.2, 0.25) is 0 Å². The summed E-state index contributed by atoms with van der Waals surface area (Å²) in [5.41, 5.74) is 2.66. The van der Waals surface area contributed by atoms with Crippen LogP contribution in [0.15, 0.2) is 93.9 Å². The molecule has 0 amide bonds. The lowest BCUT2D eigenvalue weighted by molar-refractivity contribution is 0.0696. The lowest BCUT2D eigenvalue weighted by atomic mass is 9.92. The van der Waals surface area contributed by atoms with E-state index in [0.717, 1.165) is 11.3 Å². The van der Waals surface area contributed by atoms with E-state index < -0.39 is 16.0 Å². The highest BCUT2D eigenvalue weighted by molar-refractivity contribution is 7.90. The van der Waals surface area contributed by atoms with Crippen LogP contribution in [0.3, 0.4) is 0 Å². The molecule has 0 saturated carbocycles. The van der Waals surface area contributed by atoms with E-state index in [9.17, 15) is 18.0 Å². The molecule has 3 aromatic rings. The normalized spacial score (nSPS) is 14.6. The molecular weight excluding hydrogens is 428 g/mol. The minimum absolute atomic E-state index is 0.0326. The van der Waals surface area contributed by atoms with E-state index in [1.807, 2.05) is 31.2 Å². The Bertz CT molecular complexity index is 1400. The molecule has 1 aliphatic rings. The summed E-state index contributed by atoms with van der Waals surface area (Å²) in [7, 11) is -4.16. The molecule has 7 nitrogen and oxygen atoms in total. The van der Waals surface area contributed by atoms with Gasteiger partial charge in [-0.15, -0.1) is 0 Å². The van der Waals surface area contributed by atoms with Gasteiger partial charge < -0.3 is 10.4 Å². The Kier molecular flexibility index (Phi) is 5.46. The van der Waals surface area contributed by atoms with E-state index in [1.54, 1.807) is 24.3 Å². The first-order valence-corrected chi connectivity index (χ1v) is 11.1.